The molecule has 1 unspecified atom stereocenters. The van der Waals surface area contributed by atoms with Crippen LogP contribution in [0.3, 0.4) is 0 Å². The molecule has 0 aliphatic carbocycles. The molecule has 0 bridgehead atoms. The number of carbonyl (C=O) groups excluding carboxylic acids is 1. The summed E-state index contributed by atoms with van der Waals surface area (Å²) in [7, 11) is 1.89. The van der Waals surface area contributed by atoms with E-state index in [0.29, 0.717) is 24.3 Å². The molecule has 4 rings (SSSR count). The molecule has 0 aromatic heterocycles. The van der Waals surface area contributed by atoms with Gasteiger partial charge in [-0.1, -0.05) is 60.7 Å². The minimum Gasteiger partial charge on any atom is -0.497 e. The van der Waals surface area contributed by atoms with Crippen LogP contribution >= 0.6 is 0 Å². The summed E-state index contributed by atoms with van der Waals surface area (Å²) in [6, 6.07) is 25.6. The van der Waals surface area contributed by atoms with Gasteiger partial charge in [0.1, 0.15) is 11.4 Å². The highest BCUT2D eigenvalue weighted by Gasteiger charge is 2.50. The number of rotatable bonds is 9. The third-order valence-electron chi connectivity index (χ3n) is 6.83. The maximum Gasteiger partial charge on any atom is 0.339 e. The van der Waals surface area contributed by atoms with Gasteiger partial charge in [0.25, 0.3) is 0 Å². The van der Waals surface area contributed by atoms with Crippen LogP contribution in [0.2, 0.25) is 0 Å². The molecule has 1 aliphatic rings. The summed E-state index contributed by atoms with van der Waals surface area (Å²) in [5, 5.41) is 0. The molecule has 0 saturated carbocycles. The Kier molecular flexibility index (Phi) is 8.32. The van der Waals surface area contributed by atoms with Gasteiger partial charge in [-0.2, -0.15) is 0 Å². The van der Waals surface area contributed by atoms with Gasteiger partial charge in [-0.15, -0.1) is 0 Å². The molecule has 3 aromatic carbocycles. The van der Waals surface area contributed by atoms with Crippen LogP contribution in [0, 0.1) is 5.92 Å². The van der Waals surface area contributed by atoms with Gasteiger partial charge < -0.3 is 14.4 Å². The summed E-state index contributed by atoms with van der Waals surface area (Å²) in [6.07, 6.45) is 0.325. The van der Waals surface area contributed by atoms with Crippen molar-refractivity contribution in [2.75, 3.05) is 40.8 Å². The Morgan fingerprint density at radius 2 is 1.68 bits per heavy atom. The van der Waals surface area contributed by atoms with Crippen LogP contribution in [0.5, 0.6) is 5.75 Å². The number of nitrogens with zero attached hydrogens (tertiary/aromatic N) is 2. The summed E-state index contributed by atoms with van der Waals surface area (Å²) in [6.45, 7) is 0.988. The molecule has 0 radical (unpaired) electrons. The lowest BCUT2D eigenvalue weighted by molar-refractivity contribution is -0.0880. The van der Waals surface area contributed by atoms with Gasteiger partial charge in [-0.25, -0.2) is 17.5 Å². The molecule has 2 atom stereocenters. The number of piperidine rings is 1. The van der Waals surface area contributed by atoms with E-state index in [1.165, 1.54) is 0 Å². The molecule has 8 heteroatoms. The second-order valence-electron chi connectivity index (χ2n) is 9.69. The summed E-state index contributed by atoms with van der Waals surface area (Å²) in [4.78, 5) is 15.4. The lowest BCUT2D eigenvalue weighted by Gasteiger charge is -2.47. The van der Waals surface area contributed by atoms with Crippen LogP contribution in [-0.4, -0.2) is 64.4 Å². The predicted molar refractivity (Wildman–Crippen MR) is 144 cm³/mol. The van der Waals surface area contributed by atoms with Crippen molar-refractivity contribution < 1.29 is 22.7 Å². The quantitative estimate of drug-likeness (QED) is 0.393. The first-order valence-corrected chi connectivity index (χ1v) is 13.9. The van der Waals surface area contributed by atoms with Crippen molar-refractivity contribution in [2.24, 2.45) is 5.92 Å². The molecule has 1 aliphatic heterocycles. The van der Waals surface area contributed by atoms with Gasteiger partial charge in [0.15, 0.2) is 0 Å². The van der Waals surface area contributed by atoms with Gasteiger partial charge in [-0.3, -0.25) is 0 Å². The number of esters is 1. The van der Waals surface area contributed by atoms with E-state index in [1.54, 1.807) is 35.7 Å². The van der Waals surface area contributed by atoms with Crippen molar-refractivity contribution in [3.05, 3.63) is 102 Å². The maximum absolute atomic E-state index is 13.5. The summed E-state index contributed by atoms with van der Waals surface area (Å²) in [5.41, 5.74) is 0.951. The summed E-state index contributed by atoms with van der Waals surface area (Å²) >= 11 is 0. The number of hydrogen-bond acceptors (Lipinski definition) is 6. The Morgan fingerprint density at radius 3 is 2.32 bits per heavy atom. The maximum atomic E-state index is 13.5. The van der Waals surface area contributed by atoms with Crippen molar-refractivity contribution in [3.8, 4) is 5.75 Å². The molecule has 1 saturated heterocycles. The number of methoxy groups -OCH3 is 1. The van der Waals surface area contributed by atoms with Crippen molar-refractivity contribution in [1.82, 2.24) is 9.21 Å². The average molecular weight is 523 g/mol. The molecule has 0 spiro atoms. The number of carbonyl (C=O) groups is 1. The molecule has 0 amide bonds. The Balaban J connectivity index is 1.73. The zero-order valence-corrected chi connectivity index (χ0v) is 22.4. The molecule has 0 N–H and O–H groups in total. The second-order valence-corrected chi connectivity index (χ2v) is 11.7. The standard InChI is InChI=1S/C29H34N2O5S/c1-30(2)20-26-21-31(37(33,34)22-23-11-6-4-7-12-23)18-17-29(26,25-15-10-16-27(19-25)35-3)36-28(32)24-13-8-5-9-14-24/h4-16,19,26H,17-18,20-22H2,1-3H3/t26-,29?/m0/s1. The highest BCUT2D eigenvalue weighted by molar-refractivity contribution is 7.88. The topological polar surface area (TPSA) is 76.1 Å². The molecular formula is C29H34N2O5S. The average Bonchev–Trinajstić information content (AvgIpc) is 2.90. The Bertz CT molecular complexity index is 1300. The van der Waals surface area contributed by atoms with Gasteiger partial charge >= 0.3 is 5.97 Å². The van der Waals surface area contributed by atoms with Gasteiger partial charge in [0.05, 0.1) is 18.4 Å². The molecule has 37 heavy (non-hydrogen) atoms. The van der Waals surface area contributed by atoms with Gasteiger partial charge in [-0.05, 0) is 49.5 Å². The van der Waals surface area contributed by atoms with Crippen molar-refractivity contribution in [3.63, 3.8) is 0 Å². The van der Waals surface area contributed by atoms with Crippen molar-refractivity contribution in [1.29, 1.82) is 0 Å². The predicted octanol–water partition coefficient (Wildman–Crippen LogP) is 4.16. The molecule has 1 heterocycles. The monoisotopic (exact) mass is 522 g/mol. The third kappa shape index (κ3) is 6.21. The van der Waals surface area contributed by atoms with E-state index in [4.69, 9.17) is 9.47 Å². The lowest BCUT2D eigenvalue weighted by atomic mass is 9.75. The first kappa shape index (κ1) is 26.9. The lowest BCUT2D eigenvalue weighted by Crippen LogP contribution is -2.56. The number of hydrogen-bond donors (Lipinski definition) is 0. The van der Waals surface area contributed by atoms with Crippen LogP contribution in [0.25, 0.3) is 0 Å². The Labute approximate surface area is 219 Å². The van der Waals surface area contributed by atoms with E-state index < -0.39 is 21.6 Å². The number of ether oxygens (including phenoxy) is 2. The first-order valence-electron chi connectivity index (χ1n) is 12.3. The van der Waals surface area contributed by atoms with E-state index in [2.05, 4.69) is 0 Å². The van der Waals surface area contributed by atoms with E-state index in [1.807, 2.05) is 79.7 Å². The SMILES string of the molecule is COc1cccc(C2(OC(=O)c3ccccc3)CCN(S(=O)(=O)Cc3ccccc3)C[C@@H]2CN(C)C)c1. The fourth-order valence-electron chi connectivity index (χ4n) is 5.01. The highest BCUT2D eigenvalue weighted by atomic mass is 32.2. The minimum atomic E-state index is -3.58. The Hall–Kier alpha value is -3.20. The van der Waals surface area contributed by atoms with E-state index >= 15 is 0 Å². The van der Waals surface area contributed by atoms with Crippen LogP contribution in [0.4, 0.5) is 0 Å². The molecule has 196 valence electrons. The Morgan fingerprint density at radius 1 is 1.00 bits per heavy atom. The summed E-state index contributed by atoms with van der Waals surface area (Å²) < 4.78 is 40.4. The van der Waals surface area contributed by atoms with Crippen molar-refractivity contribution >= 4 is 16.0 Å². The third-order valence-corrected chi connectivity index (χ3v) is 8.65. The van der Waals surface area contributed by atoms with Crippen molar-refractivity contribution in [2.45, 2.75) is 17.8 Å². The normalized spacial score (nSPS) is 20.5. The highest BCUT2D eigenvalue weighted by Crippen LogP contribution is 2.44. The molecular weight excluding hydrogens is 488 g/mol. The zero-order chi connectivity index (χ0) is 26.5. The van der Waals surface area contributed by atoms with E-state index in [-0.39, 0.29) is 24.8 Å². The second kappa shape index (κ2) is 11.5. The molecule has 7 nitrogen and oxygen atoms in total. The molecule has 3 aromatic rings. The van der Waals surface area contributed by atoms with E-state index in [9.17, 15) is 13.2 Å². The molecule has 1 fully saturated rings. The fraction of sp³-hybridized carbons (Fsp3) is 0.345. The largest absolute Gasteiger partial charge is 0.497 e. The van der Waals surface area contributed by atoms with Crippen LogP contribution < -0.4 is 4.74 Å². The number of sulfonamides is 1. The van der Waals surface area contributed by atoms with Crippen LogP contribution in [0.15, 0.2) is 84.9 Å². The fourth-order valence-corrected chi connectivity index (χ4v) is 6.59. The first-order chi connectivity index (χ1) is 17.7. The smallest absolute Gasteiger partial charge is 0.339 e. The van der Waals surface area contributed by atoms with Crippen LogP contribution in [-0.2, 0) is 26.1 Å². The van der Waals surface area contributed by atoms with Gasteiger partial charge in [0.2, 0.25) is 10.0 Å². The van der Waals surface area contributed by atoms with Crippen LogP contribution in [0.1, 0.15) is 27.9 Å². The van der Waals surface area contributed by atoms with E-state index in [0.717, 1.165) is 11.1 Å². The van der Waals surface area contributed by atoms with Gasteiger partial charge in [0, 0.05) is 32.0 Å². The summed E-state index contributed by atoms with van der Waals surface area (Å²) in [5.74, 6) is -0.178. The number of benzene rings is 3. The minimum absolute atomic E-state index is 0.0709. The zero-order valence-electron chi connectivity index (χ0n) is 21.5.